The van der Waals surface area contributed by atoms with Crippen molar-refractivity contribution in [1.82, 2.24) is 5.32 Å². The maximum atomic E-state index is 11.9. The molecule has 5 heteroatoms. The molecule has 3 N–H and O–H groups in total. The van der Waals surface area contributed by atoms with Gasteiger partial charge in [0.15, 0.2) is 0 Å². The number of hydrogen-bond donors (Lipinski definition) is 3. The van der Waals surface area contributed by atoms with Gasteiger partial charge in [-0.2, -0.15) is 0 Å². The first-order chi connectivity index (χ1) is 9.88. The molecule has 2 unspecified atom stereocenters. The molecule has 118 valence electrons. The molecule has 0 saturated heterocycles. The fraction of sp³-hybridized carbons (Fsp3) is 0.562. The predicted molar refractivity (Wildman–Crippen MR) is 87.6 cm³/mol. The molecule has 0 aromatic heterocycles. The highest BCUT2D eigenvalue weighted by atomic mass is 35.5. The fourth-order valence-electron chi connectivity index (χ4n) is 1.94. The van der Waals surface area contributed by atoms with Crippen LogP contribution in [-0.4, -0.2) is 29.7 Å². The molecule has 0 aliphatic carbocycles. The normalized spacial score (nSPS) is 14.0. The minimum atomic E-state index is -0.301. The summed E-state index contributed by atoms with van der Waals surface area (Å²) >= 11 is 5.87. The topological polar surface area (TPSA) is 61.4 Å². The number of hydrogen-bond acceptors (Lipinski definition) is 3. The number of carbonyl (C=O) groups excluding carboxylic acids is 1. The molecular weight excluding hydrogens is 288 g/mol. The minimum absolute atomic E-state index is 0.0540. The standard InChI is InChI=1S/C16H25ClN2O2/c1-11(2)15(20)7-8-18-12(3)9-16(21)19-14-6-4-5-13(17)10-14/h4-6,10-12,15,18,20H,7-9H2,1-3H3,(H,19,21). The smallest absolute Gasteiger partial charge is 0.225 e. The largest absolute Gasteiger partial charge is 0.393 e. The van der Waals surface area contributed by atoms with Gasteiger partial charge in [0.2, 0.25) is 5.91 Å². The van der Waals surface area contributed by atoms with Crippen molar-refractivity contribution in [2.75, 3.05) is 11.9 Å². The number of rotatable bonds is 8. The van der Waals surface area contributed by atoms with Crippen LogP contribution in [0.5, 0.6) is 0 Å². The highest BCUT2D eigenvalue weighted by Crippen LogP contribution is 2.15. The molecule has 2 atom stereocenters. The van der Waals surface area contributed by atoms with E-state index in [2.05, 4.69) is 10.6 Å². The second-order valence-electron chi connectivity index (χ2n) is 5.72. The van der Waals surface area contributed by atoms with E-state index in [9.17, 15) is 9.90 Å². The van der Waals surface area contributed by atoms with E-state index >= 15 is 0 Å². The number of amides is 1. The molecule has 0 aliphatic rings. The molecule has 0 radical (unpaired) electrons. The Balaban J connectivity index is 2.27. The first-order valence-electron chi connectivity index (χ1n) is 7.35. The van der Waals surface area contributed by atoms with Crippen LogP contribution in [0.4, 0.5) is 5.69 Å². The SMILES string of the molecule is CC(CC(=O)Nc1cccc(Cl)c1)NCCC(O)C(C)C. The minimum Gasteiger partial charge on any atom is -0.393 e. The zero-order valence-corrected chi connectivity index (χ0v) is 13.7. The van der Waals surface area contributed by atoms with E-state index in [1.54, 1.807) is 24.3 Å². The van der Waals surface area contributed by atoms with Crippen LogP contribution in [0.2, 0.25) is 5.02 Å². The van der Waals surface area contributed by atoms with Gasteiger partial charge in [-0.25, -0.2) is 0 Å². The number of carbonyl (C=O) groups is 1. The van der Waals surface area contributed by atoms with Crippen molar-refractivity contribution in [3.8, 4) is 0 Å². The summed E-state index contributed by atoms with van der Waals surface area (Å²) in [4.78, 5) is 11.9. The van der Waals surface area contributed by atoms with Crippen molar-refractivity contribution in [2.24, 2.45) is 5.92 Å². The monoisotopic (exact) mass is 312 g/mol. The van der Waals surface area contributed by atoms with Gasteiger partial charge in [-0.1, -0.05) is 31.5 Å². The molecule has 21 heavy (non-hydrogen) atoms. The van der Waals surface area contributed by atoms with Crippen LogP contribution < -0.4 is 10.6 Å². The second-order valence-corrected chi connectivity index (χ2v) is 6.15. The summed E-state index contributed by atoms with van der Waals surface area (Å²) in [6.07, 6.45) is 0.771. The van der Waals surface area contributed by atoms with Gasteiger partial charge in [-0.3, -0.25) is 4.79 Å². The number of aliphatic hydroxyl groups excluding tert-OH is 1. The molecule has 0 fully saturated rings. The number of aliphatic hydroxyl groups is 1. The van der Waals surface area contributed by atoms with E-state index in [1.165, 1.54) is 0 Å². The van der Waals surface area contributed by atoms with Crippen LogP contribution >= 0.6 is 11.6 Å². The zero-order chi connectivity index (χ0) is 15.8. The molecular formula is C16H25ClN2O2. The van der Waals surface area contributed by atoms with Gasteiger partial charge in [0.25, 0.3) is 0 Å². The summed E-state index contributed by atoms with van der Waals surface area (Å²) in [6.45, 7) is 6.64. The summed E-state index contributed by atoms with van der Waals surface area (Å²) in [5, 5.41) is 16.4. The summed E-state index contributed by atoms with van der Waals surface area (Å²) in [7, 11) is 0. The van der Waals surface area contributed by atoms with Crippen LogP contribution in [0.25, 0.3) is 0 Å². The maximum Gasteiger partial charge on any atom is 0.225 e. The van der Waals surface area contributed by atoms with Crippen molar-refractivity contribution in [1.29, 1.82) is 0 Å². The van der Waals surface area contributed by atoms with E-state index < -0.39 is 0 Å². The molecule has 4 nitrogen and oxygen atoms in total. The first-order valence-corrected chi connectivity index (χ1v) is 7.73. The van der Waals surface area contributed by atoms with Crippen LogP contribution in [0.3, 0.4) is 0 Å². The van der Waals surface area contributed by atoms with Crippen molar-refractivity contribution < 1.29 is 9.90 Å². The second kappa shape index (κ2) is 9.03. The van der Waals surface area contributed by atoms with Crippen molar-refractivity contribution in [3.05, 3.63) is 29.3 Å². The molecule has 1 aromatic rings. The Bertz CT molecular complexity index is 452. The number of anilines is 1. The lowest BCUT2D eigenvalue weighted by Crippen LogP contribution is -2.33. The zero-order valence-electron chi connectivity index (χ0n) is 12.9. The number of halogens is 1. The average molecular weight is 313 g/mol. The first kappa shape index (κ1) is 18.0. The van der Waals surface area contributed by atoms with Crippen LogP contribution in [-0.2, 0) is 4.79 Å². The quantitative estimate of drug-likeness (QED) is 0.691. The van der Waals surface area contributed by atoms with Gasteiger partial charge < -0.3 is 15.7 Å². The van der Waals surface area contributed by atoms with Crippen LogP contribution in [0.1, 0.15) is 33.6 Å². The highest BCUT2D eigenvalue weighted by Gasteiger charge is 2.12. The van der Waals surface area contributed by atoms with E-state index in [4.69, 9.17) is 11.6 Å². The molecule has 0 aliphatic heterocycles. The summed E-state index contributed by atoms with van der Waals surface area (Å²) in [6, 6.07) is 7.15. The third-order valence-electron chi connectivity index (χ3n) is 3.30. The van der Waals surface area contributed by atoms with Gasteiger partial charge in [-0.15, -0.1) is 0 Å². The van der Waals surface area contributed by atoms with Gasteiger partial charge >= 0.3 is 0 Å². The Hall–Kier alpha value is -1.10. The Morgan fingerprint density at radius 1 is 1.33 bits per heavy atom. The lowest BCUT2D eigenvalue weighted by Gasteiger charge is -2.17. The Kier molecular flexibility index (Phi) is 7.72. The fourth-order valence-corrected chi connectivity index (χ4v) is 2.13. The molecule has 0 bridgehead atoms. The van der Waals surface area contributed by atoms with Crippen LogP contribution in [0.15, 0.2) is 24.3 Å². The van der Waals surface area contributed by atoms with E-state index in [-0.39, 0.29) is 24.0 Å². The molecule has 0 saturated carbocycles. The summed E-state index contributed by atoms with van der Waals surface area (Å²) in [5.74, 6) is 0.204. The van der Waals surface area contributed by atoms with Gasteiger partial charge in [0.05, 0.1) is 6.10 Å². The number of nitrogens with one attached hydrogen (secondary N) is 2. The lowest BCUT2D eigenvalue weighted by atomic mass is 10.0. The lowest BCUT2D eigenvalue weighted by molar-refractivity contribution is -0.116. The van der Waals surface area contributed by atoms with Crippen molar-refractivity contribution >= 4 is 23.2 Å². The Morgan fingerprint density at radius 3 is 2.67 bits per heavy atom. The molecule has 1 rings (SSSR count). The Labute approximate surface area is 131 Å². The average Bonchev–Trinajstić information content (AvgIpc) is 2.37. The third kappa shape index (κ3) is 7.46. The highest BCUT2D eigenvalue weighted by molar-refractivity contribution is 6.30. The maximum absolute atomic E-state index is 11.9. The predicted octanol–water partition coefficient (Wildman–Crippen LogP) is 3.05. The molecule has 1 amide bonds. The number of benzene rings is 1. The Morgan fingerprint density at radius 2 is 2.05 bits per heavy atom. The van der Waals surface area contributed by atoms with Crippen molar-refractivity contribution in [3.63, 3.8) is 0 Å². The molecule has 0 spiro atoms. The van der Waals surface area contributed by atoms with Gasteiger partial charge in [-0.05, 0) is 44.0 Å². The van der Waals surface area contributed by atoms with Crippen LogP contribution in [0, 0.1) is 5.92 Å². The molecule has 0 heterocycles. The van der Waals surface area contributed by atoms with E-state index in [1.807, 2.05) is 20.8 Å². The third-order valence-corrected chi connectivity index (χ3v) is 3.54. The van der Waals surface area contributed by atoms with Crippen molar-refractivity contribution in [2.45, 2.75) is 45.8 Å². The van der Waals surface area contributed by atoms with E-state index in [0.29, 0.717) is 30.1 Å². The van der Waals surface area contributed by atoms with Gasteiger partial charge in [0.1, 0.15) is 0 Å². The van der Waals surface area contributed by atoms with Gasteiger partial charge in [0, 0.05) is 23.2 Å². The molecule has 1 aromatic carbocycles. The summed E-state index contributed by atoms with van der Waals surface area (Å²) < 4.78 is 0. The van der Waals surface area contributed by atoms with E-state index in [0.717, 1.165) is 0 Å². The summed E-state index contributed by atoms with van der Waals surface area (Å²) in [5.41, 5.74) is 0.704.